The van der Waals surface area contributed by atoms with E-state index >= 15 is 0 Å². The molecular weight excluding hydrogens is 248 g/mol. The summed E-state index contributed by atoms with van der Waals surface area (Å²) < 4.78 is 21.3. The summed E-state index contributed by atoms with van der Waals surface area (Å²) in [5.74, 6) is 0.893. The van der Waals surface area contributed by atoms with Crippen molar-refractivity contribution in [2.75, 3.05) is 26.9 Å². The minimum atomic E-state index is -0.465. The molecule has 0 heterocycles. The number of hydrogen-bond donors (Lipinski definition) is 0. The predicted octanol–water partition coefficient (Wildman–Crippen LogP) is 2.67. The molecule has 0 fully saturated rings. The van der Waals surface area contributed by atoms with Crippen LogP contribution in [0.4, 0.5) is 0 Å². The Hall–Kier alpha value is -1.91. The number of carbonyl (C=O) groups is 1. The molecule has 0 aromatic heterocycles. The molecule has 5 heteroatoms. The van der Waals surface area contributed by atoms with Gasteiger partial charge < -0.3 is 18.9 Å². The standard InChI is InChI=1S/C14H20O5/c1-5-17-11-9-8-10(14(15)16-4)12(18-6-2)13(11)19-7-3/h8-9H,5-7H2,1-4H3. The molecule has 0 N–H and O–H groups in total. The van der Waals surface area contributed by atoms with Gasteiger partial charge in [-0.1, -0.05) is 0 Å². The van der Waals surface area contributed by atoms with Gasteiger partial charge in [0, 0.05) is 0 Å². The van der Waals surface area contributed by atoms with Gasteiger partial charge in [-0.25, -0.2) is 4.79 Å². The van der Waals surface area contributed by atoms with Gasteiger partial charge in [0.15, 0.2) is 11.5 Å². The molecule has 0 aliphatic rings. The van der Waals surface area contributed by atoms with Crippen LogP contribution in [-0.4, -0.2) is 32.9 Å². The molecule has 19 heavy (non-hydrogen) atoms. The first-order chi connectivity index (χ1) is 9.19. The summed E-state index contributed by atoms with van der Waals surface area (Å²) >= 11 is 0. The third-order valence-electron chi connectivity index (χ3n) is 2.36. The molecule has 0 aliphatic heterocycles. The van der Waals surface area contributed by atoms with Crippen molar-refractivity contribution in [3.63, 3.8) is 0 Å². The van der Waals surface area contributed by atoms with Gasteiger partial charge in [0.2, 0.25) is 5.75 Å². The van der Waals surface area contributed by atoms with Crippen molar-refractivity contribution in [3.05, 3.63) is 17.7 Å². The second-order valence-corrected chi connectivity index (χ2v) is 3.56. The SMILES string of the molecule is CCOc1ccc(C(=O)OC)c(OCC)c1OCC. The molecule has 0 spiro atoms. The molecule has 1 aromatic carbocycles. The Morgan fingerprint density at radius 2 is 1.53 bits per heavy atom. The van der Waals surface area contributed by atoms with Crippen LogP contribution >= 0.6 is 0 Å². The molecule has 0 bridgehead atoms. The van der Waals surface area contributed by atoms with Gasteiger partial charge in [0.25, 0.3) is 0 Å². The topological polar surface area (TPSA) is 54.0 Å². The summed E-state index contributed by atoms with van der Waals surface area (Å²) in [5, 5.41) is 0. The van der Waals surface area contributed by atoms with Gasteiger partial charge in [-0.15, -0.1) is 0 Å². The Kier molecular flexibility index (Phi) is 5.99. The Bertz CT molecular complexity index is 428. The number of methoxy groups -OCH3 is 1. The summed E-state index contributed by atoms with van der Waals surface area (Å²) in [6.07, 6.45) is 0. The average Bonchev–Trinajstić information content (AvgIpc) is 2.42. The van der Waals surface area contributed by atoms with Crippen LogP contribution in [-0.2, 0) is 4.74 Å². The molecule has 1 rings (SSSR count). The smallest absolute Gasteiger partial charge is 0.341 e. The highest BCUT2D eigenvalue weighted by Crippen LogP contribution is 2.40. The summed E-state index contributed by atoms with van der Waals surface area (Å²) in [4.78, 5) is 11.7. The fraction of sp³-hybridized carbons (Fsp3) is 0.500. The molecule has 0 saturated heterocycles. The Morgan fingerprint density at radius 1 is 0.947 bits per heavy atom. The van der Waals surface area contributed by atoms with Gasteiger partial charge >= 0.3 is 5.97 Å². The third kappa shape index (κ3) is 3.53. The number of hydrogen-bond acceptors (Lipinski definition) is 5. The second-order valence-electron chi connectivity index (χ2n) is 3.56. The quantitative estimate of drug-likeness (QED) is 0.712. The van der Waals surface area contributed by atoms with Gasteiger partial charge in [0.1, 0.15) is 5.56 Å². The lowest BCUT2D eigenvalue weighted by atomic mass is 10.1. The molecule has 106 valence electrons. The van der Waals surface area contributed by atoms with E-state index in [0.717, 1.165) is 0 Å². The maximum Gasteiger partial charge on any atom is 0.341 e. The van der Waals surface area contributed by atoms with Crippen molar-refractivity contribution < 1.29 is 23.7 Å². The Balaban J connectivity index is 3.34. The fourth-order valence-corrected chi connectivity index (χ4v) is 1.65. The zero-order chi connectivity index (χ0) is 14.3. The highest BCUT2D eigenvalue weighted by Gasteiger charge is 2.22. The number of rotatable bonds is 7. The fourth-order valence-electron chi connectivity index (χ4n) is 1.65. The lowest BCUT2D eigenvalue weighted by molar-refractivity contribution is 0.0595. The van der Waals surface area contributed by atoms with Crippen LogP contribution in [0, 0.1) is 0 Å². The van der Waals surface area contributed by atoms with E-state index in [1.54, 1.807) is 12.1 Å². The molecule has 0 aliphatic carbocycles. The highest BCUT2D eigenvalue weighted by atomic mass is 16.5. The van der Waals surface area contributed by atoms with Crippen LogP contribution in [0.25, 0.3) is 0 Å². The van der Waals surface area contributed by atoms with Crippen molar-refractivity contribution in [1.82, 2.24) is 0 Å². The largest absolute Gasteiger partial charge is 0.490 e. The minimum Gasteiger partial charge on any atom is -0.490 e. The molecule has 1 aromatic rings. The third-order valence-corrected chi connectivity index (χ3v) is 2.36. The van der Waals surface area contributed by atoms with E-state index in [9.17, 15) is 4.79 Å². The van der Waals surface area contributed by atoms with E-state index in [4.69, 9.17) is 18.9 Å². The van der Waals surface area contributed by atoms with Crippen LogP contribution in [0.1, 0.15) is 31.1 Å². The maximum atomic E-state index is 11.7. The monoisotopic (exact) mass is 268 g/mol. The lowest BCUT2D eigenvalue weighted by Gasteiger charge is -2.17. The lowest BCUT2D eigenvalue weighted by Crippen LogP contribution is -2.09. The molecule has 5 nitrogen and oxygen atoms in total. The summed E-state index contributed by atoms with van der Waals surface area (Å²) in [6.45, 7) is 6.94. The molecular formula is C14H20O5. The normalized spacial score (nSPS) is 9.89. The van der Waals surface area contributed by atoms with E-state index in [2.05, 4.69) is 0 Å². The molecule has 0 saturated carbocycles. The van der Waals surface area contributed by atoms with E-state index in [1.165, 1.54) is 7.11 Å². The summed E-state index contributed by atoms with van der Waals surface area (Å²) in [6, 6.07) is 3.30. The zero-order valence-electron chi connectivity index (χ0n) is 11.8. The summed E-state index contributed by atoms with van der Waals surface area (Å²) in [7, 11) is 1.33. The maximum absolute atomic E-state index is 11.7. The molecule has 0 unspecified atom stereocenters. The predicted molar refractivity (Wildman–Crippen MR) is 71.3 cm³/mol. The van der Waals surface area contributed by atoms with Gasteiger partial charge in [0.05, 0.1) is 26.9 Å². The van der Waals surface area contributed by atoms with Crippen molar-refractivity contribution in [3.8, 4) is 17.2 Å². The van der Waals surface area contributed by atoms with Crippen molar-refractivity contribution >= 4 is 5.97 Å². The van der Waals surface area contributed by atoms with Crippen molar-refractivity contribution in [1.29, 1.82) is 0 Å². The molecule has 0 atom stereocenters. The first-order valence-corrected chi connectivity index (χ1v) is 6.33. The highest BCUT2D eigenvalue weighted by molar-refractivity contribution is 5.94. The van der Waals surface area contributed by atoms with Crippen LogP contribution in [0.5, 0.6) is 17.2 Å². The van der Waals surface area contributed by atoms with Crippen molar-refractivity contribution in [2.45, 2.75) is 20.8 Å². The number of benzene rings is 1. The minimum absolute atomic E-state index is 0.330. The number of carbonyl (C=O) groups excluding carboxylic acids is 1. The van der Waals surface area contributed by atoms with Crippen molar-refractivity contribution in [2.24, 2.45) is 0 Å². The van der Waals surface area contributed by atoms with E-state index in [0.29, 0.717) is 42.6 Å². The number of esters is 1. The molecule has 0 radical (unpaired) electrons. The Morgan fingerprint density at radius 3 is 2.05 bits per heavy atom. The first kappa shape index (κ1) is 15.1. The van der Waals surface area contributed by atoms with E-state index < -0.39 is 5.97 Å². The van der Waals surface area contributed by atoms with E-state index in [1.807, 2.05) is 20.8 Å². The van der Waals surface area contributed by atoms with Crippen LogP contribution in [0.3, 0.4) is 0 Å². The van der Waals surface area contributed by atoms with Gasteiger partial charge in [-0.2, -0.15) is 0 Å². The van der Waals surface area contributed by atoms with Crippen LogP contribution in [0.15, 0.2) is 12.1 Å². The molecule has 0 amide bonds. The number of ether oxygens (including phenoxy) is 4. The first-order valence-electron chi connectivity index (χ1n) is 6.33. The van der Waals surface area contributed by atoms with Crippen LogP contribution in [0.2, 0.25) is 0 Å². The zero-order valence-corrected chi connectivity index (χ0v) is 11.8. The summed E-state index contributed by atoms with van der Waals surface area (Å²) in [5.41, 5.74) is 0.330. The van der Waals surface area contributed by atoms with Gasteiger partial charge in [-0.3, -0.25) is 0 Å². The average molecular weight is 268 g/mol. The second kappa shape index (κ2) is 7.51. The Labute approximate surface area is 113 Å². The van der Waals surface area contributed by atoms with E-state index in [-0.39, 0.29) is 0 Å². The van der Waals surface area contributed by atoms with Crippen LogP contribution < -0.4 is 14.2 Å². The van der Waals surface area contributed by atoms with Gasteiger partial charge in [-0.05, 0) is 32.9 Å².